The van der Waals surface area contributed by atoms with Crippen LogP contribution in [0.15, 0.2) is 24.3 Å². The van der Waals surface area contributed by atoms with E-state index in [0.29, 0.717) is 5.56 Å². The predicted octanol–water partition coefficient (Wildman–Crippen LogP) is 2.27. The van der Waals surface area contributed by atoms with E-state index in [0.717, 1.165) is 17.3 Å². The normalized spacial score (nSPS) is 13.1. The van der Waals surface area contributed by atoms with E-state index < -0.39 is 12.0 Å². The van der Waals surface area contributed by atoms with Crippen LogP contribution in [-0.2, 0) is 10.2 Å². The van der Waals surface area contributed by atoms with Gasteiger partial charge in [0.2, 0.25) is 5.12 Å². The maximum absolute atomic E-state index is 11.8. The third kappa shape index (κ3) is 4.69. The first-order chi connectivity index (χ1) is 8.71. The SMILES string of the molecule is CC(C)(C)c1ccc(C(=O)SC[C@H](N)C(=O)O)cc1. The van der Waals surface area contributed by atoms with Crippen LogP contribution in [-0.4, -0.2) is 28.0 Å². The fraction of sp³-hybridized carbons (Fsp3) is 0.429. The highest BCUT2D eigenvalue weighted by molar-refractivity contribution is 8.14. The predicted molar refractivity (Wildman–Crippen MR) is 77.5 cm³/mol. The number of carboxylic acid groups (broad SMARTS) is 1. The topological polar surface area (TPSA) is 80.4 Å². The Morgan fingerprint density at radius 1 is 1.26 bits per heavy atom. The lowest BCUT2D eigenvalue weighted by Gasteiger charge is -2.18. The van der Waals surface area contributed by atoms with Crippen LogP contribution in [0.2, 0.25) is 0 Å². The summed E-state index contributed by atoms with van der Waals surface area (Å²) in [5, 5.41) is 8.49. The van der Waals surface area contributed by atoms with E-state index in [1.165, 1.54) is 0 Å². The van der Waals surface area contributed by atoms with Crippen LogP contribution < -0.4 is 5.73 Å². The highest BCUT2D eigenvalue weighted by Gasteiger charge is 2.17. The molecule has 0 unspecified atom stereocenters. The van der Waals surface area contributed by atoms with E-state index in [9.17, 15) is 9.59 Å². The zero-order valence-corrected chi connectivity index (χ0v) is 12.2. The smallest absolute Gasteiger partial charge is 0.321 e. The highest BCUT2D eigenvalue weighted by Crippen LogP contribution is 2.23. The molecule has 3 N–H and O–H groups in total. The molecular formula is C14H19NO3S. The molecule has 0 aliphatic heterocycles. The Kier molecular flexibility index (Phi) is 5.14. The Hall–Kier alpha value is -1.33. The summed E-state index contributed by atoms with van der Waals surface area (Å²) in [4.78, 5) is 22.4. The molecule has 0 heterocycles. The van der Waals surface area contributed by atoms with Gasteiger partial charge in [-0.3, -0.25) is 9.59 Å². The van der Waals surface area contributed by atoms with Gasteiger partial charge in [0.05, 0.1) is 0 Å². The van der Waals surface area contributed by atoms with Crippen LogP contribution in [0.5, 0.6) is 0 Å². The van der Waals surface area contributed by atoms with Crippen molar-refractivity contribution in [2.24, 2.45) is 5.73 Å². The molecule has 0 fully saturated rings. The number of hydrogen-bond donors (Lipinski definition) is 2. The van der Waals surface area contributed by atoms with Gasteiger partial charge in [0.1, 0.15) is 6.04 Å². The van der Waals surface area contributed by atoms with Gasteiger partial charge in [0, 0.05) is 11.3 Å². The first kappa shape index (κ1) is 15.7. The van der Waals surface area contributed by atoms with Gasteiger partial charge in [-0.05, 0) is 11.0 Å². The molecule has 19 heavy (non-hydrogen) atoms. The standard InChI is InChI=1S/C14H19NO3S/c1-14(2,3)10-6-4-9(5-7-10)13(18)19-8-11(15)12(16)17/h4-7,11H,8,15H2,1-3H3,(H,16,17)/t11-/m0/s1. The monoisotopic (exact) mass is 281 g/mol. The molecule has 4 nitrogen and oxygen atoms in total. The number of hydrogen-bond acceptors (Lipinski definition) is 4. The molecule has 0 radical (unpaired) electrons. The van der Waals surface area contributed by atoms with Crippen molar-refractivity contribution in [3.63, 3.8) is 0 Å². The van der Waals surface area contributed by atoms with E-state index in [4.69, 9.17) is 10.8 Å². The Bertz CT molecular complexity index is 463. The molecule has 0 aromatic heterocycles. The molecule has 0 bridgehead atoms. The minimum atomic E-state index is -1.09. The maximum Gasteiger partial charge on any atom is 0.321 e. The third-order valence-corrected chi connectivity index (χ3v) is 3.72. The van der Waals surface area contributed by atoms with E-state index in [1.54, 1.807) is 12.1 Å². The second-order valence-corrected chi connectivity index (χ2v) is 6.36. The van der Waals surface area contributed by atoms with Crippen molar-refractivity contribution < 1.29 is 14.7 Å². The average molecular weight is 281 g/mol. The molecule has 5 heteroatoms. The summed E-state index contributed by atoms with van der Waals surface area (Å²) in [5.74, 6) is -1.02. The van der Waals surface area contributed by atoms with Crippen molar-refractivity contribution >= 4 is 22.8 Å². The molecule has 0 aliphatic rings. The summed E-state index contributed by atoms with van der Waals surface area (Å²) in [5.41, 5.74) is 7.11. The quantitative estimate of drug-likeness (QED) is 0.885. The highest BCUT2D eigenvalue weighted by atomic mass is 32.2. The molecule has 1 aromatic carbocycles. The van der Waals surface area contributed by atoms with Gasteiger partial charge in [-0.1, -0.05) is 56.8 Å². The molecule has 0 saturated carbocycles. The molecule has 104 valence electrons. The Morgan fingerprint density at radius 3 is 2.21 bits per heavy atom. The van der Waals surface area contributed by atoms with Crippen molar-refractivity contribution in [1.29, 1.82) is 0 Å². The van der Waals surface area contributed by atoms with Gasteiger partial charge in [-0.15, -0.1) is 0 Å². The van der Waals surface area contributed by atoms with Crippen LogP contribution in [0.4, 0.5) is 0 Å². The number of rotatable bonds is 4. The second kappa shape index (κ2) is 6.21. The van der Waals surface area contributed by atoms with Crippen LogP contribution in [0, 0.1) is 0 Å². The number of carboxylic acids is 1. The fourth-order valence-electron chi connectivity index (χ4n) is 1.43. The lowest BCUT2D eigenvalue weighted by atomic mass is 9.87. The lowest BCUT2D eigenvalue weighted by Crippen LogP contribution is -2.32. The van der Waals surface area contributed by atoms with Gasteiger partial charge < -0.3 is 10.8 Å². The summed E-state index contributed by atoms with van der Waals surface area (Å²) in [6.45, 7) is 6.30. The van der Waals surface area contributed by atoms with E-state index in [2.05, 4.69) is 20.8 Å². The summed E-state index contributed by atoms with van der Waals surface area (Å²) in [6, 6.07) is 6.36. The second-order valence-electron chi connectivity index (χ2n) is 5.37. The first-order valence-corrected chi connectivity index (χ1v) is 6.96. The van der Waals surface area contributed by atoms with Crippen LogP contribution in [0.3, 0.4) is 0 Å². The average Bonchev–Trinajstić information content (AvgIpc) is 2.34. The molecule has 0 amide bonds. The molecule has 1 rings (SSSR count). The number of carbonyl (C=O) groups excluding carboxylic acids is 1. The van der Waals surface area contributed by atoms with Crippen molar-refractivity contribution in [1.82, 2.24) is 0 Å². The number of carbonyl (C=O) groups is 2. The number of aliphatic carboxylic acids is 1. The third-order valence-electron chi connectivity index (χ3n) is 2.70. The largest absolute Gasteiger partial charge is 0.480 e. The van der Waals surface area contributed by atoms with Crippen molar-refractivity contribution in [3.8, 4) is 0 Å². The van der Waals surface area contributed by atoms with E-state index in [-0.39, 0.29) is 16.3 Å². The molecule has 0 aliphatic carbocycles. The van der Waals surface area contributed by atoms with Gasteiger partial charge >= 0.3 is 5.97 Å². The van der Waals surface area contributed by atoms with Crippen LogP contribution >= 0.6 is 11.8 Å². The van der Waals surface area contributed by atoms with Crippen molar-refractivity contribution in [2.45, 2.75) is 32.2 Å². The minimum absolute atomic E-state index is 0.0420. The van der Waals surface area contributed by atoms with Crippen LogP contribution in [0.25, 0.3) is 0 Å². The van der Waals surface area contributed by atoms with Crippen LogP contribution in [0.1, 0.15) is 36.7 Å². The number of thioether (sulfide) groups is 1. The zero-order valence-electron chi connectivity index (χ0n) is 11.3. The van der Waals surface area contributed by atoms with Gasteiger partial charge in [-0.2, -0.15) is 0 Å². The van der Waals surface area contributed by atoms with Gasteiger partial charge in [-0.25, -0.2) is 0 Å². The molecular weight excluding hydrogens is 262 g/mol. The minimum Gasteiger partial charge on any atom is -0.480 e. The van der Waals surface area contributed by atoms with E-state index >= 15 is 0 Å². The summed E-state index contributed by atoms with van der Waals surface area (Å²) in [7, 11) is 0. The first-order valence-electron chi connectivity index (χ1n) is 5.98. The molecule has 1 atom stereocenters. The molecule has 0 saturated heterocycles. The van der Waals surface area contributed by atoms with E-state index in [1.807, 2.05) is 12.1 Å². The maximum atomic E-state index is 11.8. The Labute approximate surface area is 117 Å². The number of benzene rings is 1. The summed E-state index contributed by atoms with van der Waals surface area (Å²) >= 11 is 0.935. The number of nitrogens with two attached hydrogens (primary N) is 1. The lowest BCUT2D eigenvalue weighted by molar-refractivity contribution is -0.137. The summed E-state index contributed by atoms with van der Waals surface area (Å²) < 4.78 is 0. The zero-order chi connectivity index (χ0) is 14.6. The van der Waals surface area contributed by atoms with Gasteiger partial charge in [0.25, 0.3) is 0 Å². The van der Waals surface area contributed by atoms with Crippen molar-refractivity contribution in [3.05, 3.63) is 35.4 Å². The molecule has 1 aromatic rings. The fourth-order valence-corrected chi connectivity index (χ4v) is 2.20. The summed E-state index contributed by atoms with van der Waals surface area (Å²) in [6.07, 6.45) is 0. The Balaban J connectivity index is 2.66. The van der Waals surface area contributed by atoms with Gasteiger partial charge in [0.15, 0.2) is 0 Å². The molecule has 0 spiro atoms. The van der Waals surface area contributed by atoms with Crippen molar-refractivity contribution in [2.75, 3.05) is 5.75 Å². The Morgan fingerprint density at radius 2 is 1.79 bits per heavy atom.